The number of rotatable bonds is 17. The van der Waals surface area contributed by atoms with Gasteiger partial charge in [0.05, 0.1) is 64.0 Å². The Balaban J connectivity index is 1.27. The molecule has 1 aromatic rings. The Morgan fingerprint density at radius 2 is 1.50 bits per heavy atom. The number of ether oxygens (including phenoxy) is 5. The first-order valence-corrected chi connectivity index (χ1v) is 12.2. The normalized spacial score (nSPS) is 16.9. The Morgan fingerprint density at radius 1 is 0.895 bits per heavy atom. The van der Waals surface area contributed by atoms with Crippen LogP contribution in [0.5, 0.6) is 0 Å². The number of nitrogens with zero attached hydrogens (tertiary/aromatic N) is 1. The molecule has 0 radical (unpaired) electrons. The Hall–Kier alpha value is -3.59. The summed E-state index contributed by atoms with van der Waals surface area (Å²) in [6.07, 6.45) is -0.671. The number of hydrogen-bond acceptors (Lipinski definition) is 11. The number of nitrogens with one attached hydrogen (secondary N) is 2. The minimum atomic E-state index is -1.01. The predicted molar refractivity (Wildman–Crippen MR) is 130 cm³/mol. The lowest BCUT2D eigenvalue weighted by atomic mass is 10.0. The molecule has 5 amide bonds. The number of carbonyl (C=O) groups is 5. The molecule has 3 rings (SSSR count). The van der Waals surface area contributed by atoms with Crippen LogP contribution in [0, 0.1) is 0 Å². The van der Waals surface area contributed by atoms with Gasteiger partial charge in [-0.05, 0) is 18.6 Å². The smallest absolute Gasteiger partial charge is 0.404 e. The molecule has 0 aromatic heterocycles. The third-order valence-corrected chi connectivity index (χ3v) is 5.62. The van der Waals surface area contributed by atoms with Crippen molar-refractivity contribution in [3.63, 3.8) is 0 Å². The van der Waals surface area contributed by atoms with Crippen LogP contribution in [0.3, 0.4) is 0 Å². The molecule has 4 N–H and O–H groups in total. The number of imide groups is 2. The molecule has 208 valence electrons. The molecule has 0 spiro atoms. The standard InChI is InChI=1S/C24H32N4O10/c25-24(33)38-15-14-37-13-12-36-11-10-35-9-8-34-7-6-26-17-3-1-2-16-20(17)23(32)28(22(16)31)18-4-5-19(29)27-21(18)30/h1-3,18,26H,4-15H2,(H2,25,33)(H,27,29,30). The summed E-state index contributed by atoms with van der Waals surface area (Å²) in [4.78, 5) is 60.9. The van der Waals surface area contributed by atoms with E-state index in [-0.39, 0.29) is 37.2 Å². The molecule has 2 aliphatic rings. The van der Waals surface area contributed by atoms with Gasteiger partial charge in [-0.25, -0.2) is 4.79 Å². The first-order valence-electron chi connectivity index (χ1n) is 12.2. The molecule has 1 saturated heterocycles. The van der Waals surface area contributed by atoms with Crippen molar-refractivity contribution in [1.29, 1.82) is 0 Å². The predicted octanol–water partition coefficient (Wildman–Crippen LogP) is -0.339. The van der Waals surface area contributed by atoms with Crippen LogP contribution < -0.4 is 16.4 Å². The SMILES string of the molecule is NC(=O)OCCOCCOCCOCCOCCNc1cccc2c1C(=O)N(C1CCC(=O)NC1=O)C2=O. The van der Waals surface area contributed by atoms with Crippen molar-refractivity contribution < 1.29 is 47.7 Å². The average Bonchev–Trinajstić information content (AvgIpc) is 3.14. The van der Waals surface area contributed by atoms with E-state index in [4.69, 9.17) is 24.7 Å². The van der Waals surface area contributed by atoms with Gasteiger partial charge < -0.3 is 34.7 Å². The van der Waals surface area contributed by atoms with Crippen LogP contribution in [0.4, 0.5) is 10.5 Å². The molecule has 1 fully saturated rings. The highest BCUT2D eigenvalue weighted by Gasteiger charge is 2.45. The fourth-order valence-corrected chi connectivity index (χ4v) is 3.88. The van der Waals surface area contributed by atoms with Gasteiger partial charge in [0.15, 0.2) is 0 Å². The summed E-state index contributed by atoms with van der Waals surface area (Å²) in [6, 6.07) is 3.87. The lowest BCUT2D eigenvalue weighted by Crippen LogP contribution is -2.54. The van der Waals surface area contributed by atoms with Gasteiger partial charge in [0.1, 0.15) is 12.6 Å². The quantitative estimate of drug-likeness (QED) is 0.175. The lowest BCUT2D eigenvalue weighted by molar-refractivity contribution is -0.136. The molecule has 1 unspecified atom stereocenters. The fraction of sp³-hybridized carbons (Fsp3) is 0.542. The van der Waals surface area contributed by atoms with E-state index in [0.29, 0.717) is 58.5 Å². The van der Waals surface area contributed by atoms with Gasteiger partial charge in [0.25, 0.3) is 11.8 Å². The van der Waals surface area contributed by atoms with Crippen molar-refractivity contribution in [2.45, 2.75) is 18.9 Å². The van der Waals surface area contributed by atoms with Crippen molar-refractivity contribution in [2.24, 2.45) is 5.73 Å². The maximum Gasteiger partial charge on any atom is 0.404 e. The van der Waals surface area contributed by atoms with E-state index in [1.54, 1.807) is 18.2 Å². The largest absolute Gasteiger partial charge is 0.447 e. The Morgan fingerprint density at radius 3 is 2.11 bits per heavy atom. The molecule has 1 aromatic carbocycles. The van der Waals surface area contributed by atoms with Crippen molar-refractivity contribution in [2.75, 3.05) is 71.3 Å². The van der Waals surface area contributed by atoms with E-state index in [9.17, 15) is 24.0 Å². The molecule has 0 saturated carbocycles. The zero-order chi connectivity index (χ0) is 27.3. The number of hydrogen-bond donors (Lipinski definition) is 3. The molecule has 0 aliphatic carbocycles. The van der Waals surface area contributed by atoms with Crippen molar-refractivity contribution >= 4 is 35.4 Å². The molecule has 14 nitrogen and oxygen atoms in total. The average molecular weight is 537 g/mol. The van der Waals surface area contributed by atoms with Gasteiger partial charge >= 0.3 is 6.09 Å². The number of nitrogens with two attached hydrogens (primary N) is 1. The maximum atomic E-state index is 13.1. The first-order chi connectivity index (χ1) is 18.4. The molecule has 38 heavy (non-hydrogen) atoms. The Labute approximate surface area is 219 Å². The van der Waals surface area contributed by atoms with Crippen LogP contribution in [0.25, 0.3) is 0 Å². The topological polar surface area (TPSA) is 185 Å². The van der Waals surface area contributed by atoms with E-state index in [1.807, 2.05) is 0 Å². The summed E-state index contributed by atoms with van der Waals surface area (Å²) in [5.41, 5.74) is 5.71. The highest BCUT2D eigenvalue weighted by atomic mass is 16.6. The van der Waals surface area contributed by atoms with Gasteiger partial charge in [0, 0.05) is 18.7 Å². The molecular formula is C24H32N4O10. The Kier molecular flexibility index (Phi) is 11.4. The highest BCUT2D eigenvalue weighted by molar-refractivity contribution is 6.25. The van der Waals surface area contributed by atoms with Crippen molar-refractivity contribution in [1.82, 2.24) is 10.2 Å². The third-order valence-electron chi connectivity index (χ3n) is 5.62. The summed E-state index contributed by atoms with van der Waals surface area (Å²) in [5, 5.41) is 5.29. The second kappa shape index (κ2) is 15.0. The van der Waals surface area contributed by atoms with Crippen LogP contribution in [0.2, 0.25) is 0 Å². The monoisotopic (exact) mass is 536 g/mol. The zero-order valence-electron chi connectivity index (χ0n) is 20.9. The molecular weight excluding hydrogens is 504 g/mol. The van der Waals surface area contributed by atoms with Crippen LogP contribution in [0.15, 0.2) is 18.2 Å². The van der Waals surface area contributed by atoms with Crippen LogP contribution in [-0.2, 0) is 33.3 Å². The summed E-state index contributed by atoms with van der Waals surface area (Å²) < 4.78 is 26.0. The summed E-state index contributed by atoms with van der Waals surface area (Å²) >= 11 is 0. The third kappa shape index (κ3) is 8.21. The number of carbonyl (C=O) groups excluding carboxylic acids is 5. The number of anilines is 1. The molecule has 2 heterocycles. The second-order valence-electron chi connectivity index (χ2n) is 8.22. The number of piperidine rings is 1. The van der Waals surface area contributed by atoms with Crippen LogP contribution >= 0.6 is 0 Å². The van der Waals surface area contributed by atoms with E-state index in [2.05, 4.69) is 15.4 Å². The molecule has 1 atom stereocenters. The van der Waals surface area contributed by atoms with Crippen molar-refractivity contribution in [3.05, 3.63) is 29.3 Å². The van der Waals surface area contributed by atoms with E-state index in [0.717, 1.165) is 4.90 Å². The highest BCUT2D eigenvalue weighted by Crippen LogP contribution is 2.32. The van der Waals surface area contributed by atoms with Crippen molar-refractivity contribution in [3.8, 4) is 0 Å². The summed E-state index contributed by atoms with van der Waals surface area (Å²) in [6.45, 7) is 3.31. The minimum absolute atomic E-state index is 0.0644. The van der Waals surface area contributed by atoms with E-state index >= 15 is 0 Å². The minimum Gasteiger partial charge on any atom is -0.447 e. The zero-order valence-corrected chi connectivity index (χ0v) is 20.9. The fourth-order valence-electron chi connectivity index (χ4n) is 3.88. The number of primary amides is 1. The maximum absolute atomic E-state index is 13.1. The van der Waals surface area contributed by atoms with E-state index in [1.165, 1.54) is 0 Å². The lowest BCUT2D eigenvalue weighted by Gasteiger charge is -2.27. The Bertz CT molecular complexity index is 1020. The summed E-state index contributed by atoms with van der Waals surface area (Å²) in [7, 11) is 0. The second-order valence-corrected chi connectivity index (χ2v) is 8.22. The number of amides is 5. The van der Waals surface area contributed by atoms with Gasteiger partial charge in [0.2, 0.25) is 11.8 Å². The van der Waals surface area contributed by atoms with Gasteiger partial charge in [-0.1, -0.05) is 6.07 Å². The van der Waals surface area contributed by atoms with E-state index < -0.39 is 35.8 Å². The van der Waals surface area contributed by atoms with Gasteiger partial charge in [-0.3, -0.25) is 29.4 Å². The number of benzene rings is 1. The van der Waals surface area contributed by atoms with Crippen LogP contribution in [-0.4, -0.2) is 107 Å². The van der Waals surface area contributed by atoms with Crippen LogP contribution in [0.1, 0.15) is 33.6 Å². The molecule has 0 bridgehead atoms. The molecule has 14 heteroatoms. The molecule has 2 aliphatic heterocycles. The van der Waals surface area contributed by atoms with Gasteiger partial charge in [-0.2, -0.15) is 0 Å². The summed E-state index contributed by atoms with van der Waals surface area (Å²) in [5.74, 6) is -2.19. The number of fused-ring (bicyclic) bond motifs is 1. The van der Waals surface area contributed by atoms with Gasteiger partial charge in [-0.15, -0.1) is 0 Å². The first kappa shape index (κ1) is 29.0.